The number of sulfone groups is 1. The predicted molar refractivity (Wildman–Crippen MR) is 80.9 cm³/mol. The maximum atomic E-state index is 12.0. The molecule has 0 saturated heterocycles. The fourth-order valence-corrected chi connectivity index (χ4v) is 3.19. The Kier molecular flexibility index (Phi) is 5.71. The highest BCUT2D eigenvalue weighted by Gasteiger charge is 2.15. The van der Waals surface area contributed by atoms with Crippen LogP contribution < -0.4 is 5.32 Å². The Bertz CT molecular complexity index is 682. The number of rotatable bonds is 8. The van der Waals surface area contributed by atoms with E-state index in [2.05, 4.69) is 10.5 Å². The molecule has 2 rings (SSSR count). The Morgan fingerprint density at radius 3 is 2.68 bits per heavy atom. The van der Waals surface area contributed by atoms with Gasteiger partial charge in [0.1, 0.15) is 6.26 Å². The zero-order chi connectivity index (χ0) is 15.8. The van der Waals surface area contributed by atoms with E-state index < -0.39 is 9.84 Å². The van der Waals surface area contributed by atoms with E-state index >= 15 is 0 Å². The van der Waals surface area contributed by atoms with Gasteiger partial charge in [0.05, 0.1) is 16.8 Å². The van der Waals surface area contributed by atoms with Crippen LogP contribution in [0.2, 0.25) is 0 Å². The van der Waals surface area contributed by atoms with Gasteiger partial charge in [-0.3, -0.25) is 4.79 Å². The minimum Gasteiger partial charge on any atom is -0.364 e. The van der Waals surface area contributed by atoms with Crippen molar-refractivity contribution in [3.63, 3.8) is 0 Å². The van der Waals surface area contributed by atoms with Crippen molar-refractivity contribution < 1.29 is 17.7 Å². The molecule has 22 heavy (non-hydrogen) atoms. The molecule has 0 unspecified atom stereocenters. The lowest BCUT2D eigenvalue weighted by Gasteiger charge is -2.06. The van der Waals surface area contributed by atoms with E-state index in [4.69, 9.17) is 4.52 Å². The quantitative estimate of drug-likeness (QED) is 0.745. The maximum absolute atomic E-state index is 12.0. The largest absolute Gasteiger partial charge is 0.364 e. The lowest BCUT2D eigenvalue weighted by atomic mass is 10.2. The van der Waals surface area contributed by atoms with E-state index in [0.717, 1.165) is 18.4 Å². The maximum Gasteiger partial charge on any atom is 0.221 e. The van der Waals surface area contributed by atoms with E-state index in [9.17, 15) is 13.2 Å². The highest BCUT2D eigenvalue weighted by molar-refractivity contribution is 7.91. The molecule has 0 radical (unpaired) electrons. The summed E-state index contributed by atoms with van der Waals surface area (Å²) in [6.07, 6.45) is 4.66. The van der Waals surface area contributed by atoms with Crippen LogP contribution in [0.1, 0.15) is 18.4 Å². The molecule has 2 aromatic rings. The third-order valence-corrected chi connectivity index (χ3v) is 4.88. The molecule has 1 N–H and O–H groups in total. The molecule has 7 heteroatoms. The average molecular weight is 322 g/mol. The number of aryl methyl sites for hydroxylation is 1. The normalized spacial score (nSPS) is 11.3. The van der Waals surface area contributed by atoms with Gasteiger partial charge in [-0.15, -0.1) is 0 Å². The van der Waals surface area contributed by atoms with Crippen molar-refractivity contribution in [2.75, 3.05) is 12.3 Å². The molecular weight excluding hydrogens is 304 g/mol. The minimum absolute atomic E-state index is 0.0372. The molecule has 1 aromatic heterocycles. The molecule has 1 aromatic carbocycles. The summed E-state index contributed by atoms with van der Waals surface area (Å²) in [7, 11) is -3.40. The van der Waals surface area contributed by atoms with Crippen molar-refractivity contribution in [1.82, 2.24) is 10.5 Å². The summed E-state index contributed by atoms with van der Waals surface area (Å²) in [6.45, 7) is 0.495. The van der Waals surface area contributed by atoms with Gasteiger partial charge in [-0.1, -0.05) is 23.4 Å². The lowest BCUT2D eigenvalue weighted by molar-refractivity contribution is -0.120. The summed E-state index contributed by atoms with van der Waals surface area (Å²) >= 11 is 0. The summed E-state index contributed by atoms with van der Waals surface area (Å²) < 4.78 is 28.8. The molecule has 0 atom stereocenters. The smallest absolute Gasteiger partial charge is 0.221 e. The van der Waals surface area contributed by atoms with E-state index in [1.54, 1.807) is 30.7 Å². The van der Waals surface area contributed by atoms with E-state index in [0.29, 0.717) is 6.54 Å². The van der Waals surface area contributed by atoms with Gasteiger partial charge in [0.2, 0.25) is 5.91 Å². The first kappa shape index (κ1) is 16.2. The van der Waals surface area contributed by atoms with Crippen LogP contribution >= 0.6 is 0 Å². The molecular formula is C15H18N2O4S. The van der Waals surface area contributed by atoms with Gasteiger partial charge in [-0.2, -0.15) is 0 Å². The molecule has 6 nitrogen and oxygen atoms in total. The second-order valence-electron chi connectivity index (χ2n) is 4.87. The van der Waals surface area contributed by atoms with Crippen LogP contribution in [0.15, 0.2) is 52.2 Å². The number of nitrogens with one attached hydrogen (secondary N) is 1. The standard InChI is InChI=1S/C15H18N2O4S/c18-15(16-9-4-5-13-11-17-21-12-13)8-10-22(19,20)14-6-2-1-3-7-14/h1-3,6-7,11-12H,4-5,8-10H2,(H,16,18). The lowest BCUT2D eigenvalue weighted by Crippen LogP contribution is -2.26. The number of nitrogens with zero attached hydrogens (tertiary/aromatic N) is 1. The summed E-state index contributed by atoms with van der Waals surface area (Å²) in [5.41, 5.74) is 0.973. The number of amides is 1. The number of benzene rings is 1. The van der Waals surface area contributed by atoms with E-state index in [-0.39, 0.29) is 23.0 Å². The SMILES string of the molecule is O=C(CCS(=O)(=O)c1ccccc1)NCCCc1cnoc1. The van der Waals surface area contributed by atoms with Crippen molar-refractivity contribution in [2.45, 2.75) is 24.2 Å². The molecule has 0 bridgehead atoms. The third kappa shape index (κ3) is 5.00. The number of aromatic nitrogens is 1. The first-order valence-electron chi connectivity index (χ1n) is 7.01. The fraction of sp³-hybridized carbons (Fsp3) is 0.333. The van der Waals surface area contributed by atoms with Crippen LogP contribution in [-0.2, 0) is 21.1 Å². The molecule has 0 aliphatic rings. The van der Waals surface area contributed by atoms with Gasteiger partial charge in [0.15, 0.2) is 9.84 Å². The van der Waals surface area contributed by atoms with Crippen molar-refractivity contribution in [3.05, 3.63) is 48.4 Å². The summed E-state index contributed by atoms with van der Waals surface area (Å²) in [5, 5.41) is 6.31. The Labute approximate surface area is 129 Å². The molecule has 1 heterocycles. The van der Waals surface area contributed by atoms with Gasteiger partial charge in [-0.05, 0) is 25.0 Å². The van der Waals surface area contributed by atoms with E-state index in [1.165, 1.54) is 12.1 Å². The zero-order valence-corrected chi connectivity index (χ0v) is 12.9. The second-order valence-corrected chi connectivity index (χ2v) is 6.98. The topological polar surface area (TPSA) is 89.3 Å². The molecule has 1 amide bonds. The molecule has 0 aliphatic carbocycles. The third-order valence-electron chi connectivity index (χ3n) is 3.15. The van der Waals surface area contributed by atoms with Crippen molar-refractivity contribution in [2.24, 2.45) is 0 Å². The molecule has 118 valence electrons. The number of hydrogen-bond donors (Lipinski definition) is 1. The molecule has 0 fully saturated rings. The predicted octanol–water partition coefficient (Wildman–Crippen LogP) is 1.59. The van der Waals surface area contributed by atoms with Gasteiger partial charge in [-0.25, -0.2) is 8.42 Å². The van der Waals surface area contributed by atoms with Crippen molar-refractivity contribution >= 4 is 15.7 Å². The van der Waals surface area contributed by atoms with Gasteiger partial charge < -0.3 is 9.84 Å². The van der Waals surface area contributed by atoms with Crippen molar-refractivity contribution in [1.29, 1.82) is 0 Å². The second kappa shape index (κ2) is 7.74. The Balaban J connectivity index is 1.69. The first-order valence-corrected chi connectivity index (χ1v) is 8.66. The fourth-order valence-electron chi connectivity index (χ4n) is 1.93. The van der Waals surface area contributed by atoms with Crippen LogP contribution in [0, 0.1) is 0 Å². The number of carbonyl (C=O) groups is 1. The van der Waals surface area contributed by atoms with E-state index in [1.807, 2.05) is 0 Å². The van der Waals surface area contributed by atoms with Crippen molar-refractivity contribution in [3.8, 4) is 0 Å². The number of carbonyl (C=O) groups excluding carboxylic acids is 1. The van der Waals surface area contributed by atoms with Crippen LogP contribution in [0.5, 0.6) is 0 Å². The average Bonchev–Trinajstić information content (AvgIpc) is 3.04. The molecule has 0 aliphatic heterocycles. The Morgan fingerprint density at radius 2 is 2.00 bits per heavy atom. The van der Waals surface area contributed by atoms with Gasteiger partial charge >= 0.3 is 0 Å². The van der Waals surface area contributed by atoms with Crippen LogP contribution in [0.4, 0.5) is 0 Å². The molecule has 0 spiro atoms. The minimum atomic E-state index is -3.40. The summed E-state index contributed by atoms with van der Waals surface area (Å²) in [6, 6.07) is 8.15. The highest BCUT2D eigenvalue weighted by Crippen LogP contribution is 2.10. The van der Waals surface area contributed by atoms with Crippen LogP contribution in [0.3, 0.4) is 0 Å². The summed E-state index contributed by atoms with van der Waals surface area (Å²) in [4.78, 5) is 11.9. The van der Waals surface area contributed by atoms with Gasteiger partial charge in [0.25, 0.3) is 0 Å². The van der Waals surface area contributed by atoms with Crippen LogP contribution in [-0.4, -0.2) is 31.8 Å². The van der Waals surface area contributed by atoms with Gasteiger partial charge in [0, 0.05) is 18.5 Å². The number of hydrogen-bond acceptors (Lipinski definition) is 5. The highest BCUT2D eigenvalue weighted by atomic mass is 32.2. The monoisotopic (exact) mass is 322 g/mol. The summed E-state index contributed by atoms with van der Waals surface area (Å²) in [5.74, 6) is -0.445. The zero-order valence-electron chi connectivity index (χ0n) is 12.1. The Hall–Kier alpha value is -2.15. The van der Waals surface area contributed by atoms with Crippen LogP contribution in [0.25, 0.3) is 0 Å². The Morgan fingerprint density at radius 1 is 1.23 bits per heavy atom. The molecule has 0 saturated carbocycles. The first-order chi connectivity index (χ1) is 10.6.